The Labute approximate surface area is 191 Å². The maximum absolute atomic E-state index is 12.7. The highest BCUT2D eigenvalue weighted by atomic mass is 32.1. The highest BCUT2D eigenvalue weighted by Crippen LogP contribution is 2.29. The Morgan fingerprint density at radius 1 is 1.22 bits per heavy atom. The van der Waals surface area contributed by atoms with Crippen LogP contribution < -0.4 is 10.6 Å². The van der Waals surface area contributed by atoms with E-state index in [1.54, 1.807) is 12.3 Å². The molecule has 0 saturated carbocycles. The van der Waals surface area contributed by atoms with Crippen molar-refractivity contribution in [2.24, 2.45) is 0 Å². The molecule has 7 nitrogen and oxygen atoms in total. The first-order valence-corrected chi connectivity index (χ1v) is 11.7. The number of likely N-dealkylation sites (tertiary alicyclic amines) is 1. The van der Waals surface area contributed by atoms with Gasteiger partial charge in [-0.1, -0.05) is 6.07 Å². The van der Waals surface area contributed by atoms with Crippen LogP contribution in [-0.4, -0.2) is 40.8 Å². The van der Waals surface area contributed by atoms with Crippen molar-refractivity contribution >= 4 is 28.3 Å². The van der Waals surface area contributed by atoms with Gasteiger partial charge in [0.25, 0.3) is 0 Å². The molecule has 1 unspecified atom stereocenters. The van der Waals surface area contributed by atoms with Gasteiger partial charge in [-0.2, -0.15) is 0 Å². The maximum atomic E-state index is 12.7. The summed E-state index contributed by atoms with van der Waals surface area (Å²) in [4.78, 5) is 31.8. The molecule has 2 N–H and O–H groups in total. The minimum absolute atomic E-state index is 0.0755. The van der Waals surface area contributed by atoms with Gasteiger partial charge in [-0.15, -0.1) is 11.3 Å². The summed E-state index contributed by atoms with van der Waals surface area (Å²) in [6, 6.07) is 7.61. The van der Waals surface area contributed by atoms with Gasteiger partial charge in [0.05, 0.1) is 31.1 Å². The standard InChI is InChI=1S/C24H28N4O3S/c1-15-10-17(3)19(11-16(15)2)20-14-32-24(26-20)27-22(29)13-28-8-4-7-21(28)23(30)25-12-18-6-5-9-31-18/h5-6,9-11,14,21H,4,7-8,12-13H2,1-3H3,(H,25,30)(H,26,27,29). The Balaban J connectivity index is 1.34. The number of aromatic nitrogens is 1. The maximum Gasteiger partial charge on any atom is 0.240 e. The normalized spacial score (nSPS) is 16.3. The van der Waals surface area contributed by atoms with E-state index in [9.17, 15) is 9.59 Å². The van der Waals surface area contributed by atoms with Crippen LogP contribution in [0, 0.1) is 20.8 Å². The van der Waals surface area contributed by atoms with Crippen LogP contribution in [0.1, 0.15) is 35.3 Å². The lowest BCUT2D eigenvalue weighted by Crippen LogP contribution is -2.45. The zero-order valence-electron chi connectivity index (χ0n) is 18.6. The third-order valence-corrected chi connectivity index (χ3v) is 6.65. The summed E-state index contributed by atoms with van der Waals surface area (Å²) < 4.78 is 5.26. The predicted octanol–water partition coefficient (Wildman–Crippen LogP) is 4.05. The van der Waals surface area contributed by atoms with Gasteiger partial charge in [0.1, 0.15) is 5.76 Å². The van der Waals surface area contributed by atoms with Gasteiger partial charge < -0.3 is 15.1 Å². The fraction of sp³-hybridized carbons (Fsp3) is 0.375. The molecule has 0 radical (unpaired) electrons. The average molecular weight is 453 g/mol. The van der Waals surface area contributed by atoms with E-state index in [0.29, 0.717) is 17.4 Å². The van der Waals surface area contributed by atoms with Crippen LogP contribution in [0.5, 0.6) is 0 Å². The molecule has 8 heteroatoms. The van der Waals surface area contributed by atoms with Crippen molar-refractivity contribution in [1.82, 2.24) is 15.2 Å². The van der Waals surface area contributed by atoms with Crippen molar-refractivity contribution in [3.05, 3.63) is 58.4 Å². The van der Waals surface area contributed by atoms with Crippen molar-refractivity contribution < 1.29 is 14.0 Å². The quantitative estimate of drug-likeness (QED) is 0.565. The molecule has 3 heterocycles. The molecule has 1 atom stereocenters. The first kappa shape index (κ1) is 22.2. The molecule has 4 rings (SSSR count). The van der Waals surface area contributed by atoms with Crippen LogP contribution in [0.4, 0.5) is 5.13 Å². The first-order chi connectivity index (χ1) is 15.4. The Hall–Kier alpha value is -2.97. The van der Waals surface area contributed by atoms with Crippen molar-refractivity contribution in [3.63, 3.8) is 0 Å². The van der Waals surface area contributed by atoms with Gasteiger partial charge in [-0.25, -0.2) is 4.98 Å². The molecular formula is C24H28N4O3S. The second-order valence-corrected chi connectivity index (χ2v) is 9.12. The molecular weight excluding hydrogens is 424 g/mol. The topological polar surface area (TPSA) is 87.5 Å². The van der Waals surface area contributed by atoms with Crippen molar-refractivity contribution in [2.75, 3.05) is 18.4 Å². The summed E-state index contributed by atoms with van der Waals surface area (Å²) >= 11 is 1.41. The van der Waals surface area contributed by atoms with E-state index in [1.807, 2.05) is 16.3 Å². The fourth-order valence-corrected chi connectivity index (χ4v) is 4.78. The van der Waals surface area contributed by atoms with Crippen LogP contribution in [-0.2, 0) is 16.1 Å². The molecule has 1 aliphatic heterocycles. The summed E-state index contributed by atoms with van der Waals surface area (Å²) in [6.45, 7) is 7.49. The van der Waals surface area contributed by atoms with Gasteiger partial charge in [-0.05, 0) is 75.0 Å². The van der Waals surface area contributed by atoms with E-state index < -0.39 is 0 Å². The smallest absolute Gasteiger partial charge is 0.240 e. The average Bonchev–Trinajstić information content (AvgIpc) is 3.51. The third-order valence-electron chi connectivity index (χ3n) is 5.90. The van der Waals surface area contributed by atoms with E-state index in [1.165, 1.54) is 22.5 Å². The highest BCUT2D eigenvalue weighted by molar-refractivity contribution is 7.14. The SMILES string of the molecule is Cc1cc(C)c(-c2csc(NC(=O)CN3CCCC3C(=O)NCc3ccco3)n2)cc1C. The van der Waals surface area contributed by atoms with E-state index in [4.69, 9.17) is 4.42 Å². The number of furan rings is 1. The molecule has 1 aliphatic rings. The number of nitrogens with zero attached hydrogens (tertiary/aromatic N) is 2. The van der Waals surface area contributed by atoms with Gasteiger partial charge >= 0.3 is 0 Å². The largest absolute Gasteiger partial charge is 0.467 e. The summed E-state index contributed by atoms with van der Waals surface area (Å²) in [5.41, 5.74) is 5.58. The second kappa shape index (κ2) is 9.67. The number of aryl methyl sites for hydroxylation is 3. The molecule has 0 aliphatic carbocycles. The van der Waals surface area contributed by atoms with Gasteiger partial charge in [0.15, 0.2) is 5.13 Å². The van der Waals surface area contributed by atoms with Crippen molar-refractivity contribution in [1.29, 1.82) is 0 Å². The number of nitrogens with one attached hydrogen (secondary N) is 2. The zero-order valence-corrected chi connectivity index (χ0v) is 19.4. The van der Waals surface area contributed by atoms with Crippen LogP contribution in [0.25, 0.3) is 11.3 Å². The van der Waals surface area contributed by atoms with E-state index in [-0.39, 0.29) is 24.4 Å². The predicted molar refractivity (Wildman–Crippen MR) is 126 cm³/mol. The second-order valence-electron chi connectivity index (χ2n) is 8.26. The Morgan fingerprint density at radius 3 is 2.81 bits per heavy atom. The molecule has 2 amide bonds. The summed E-state index contributed by atoms with van der Waals surface area (Å²) in [6.07, 6.45) is 3.21. The first-order valence-electron chi connectivity index (χ1n) is 10.8. The van der Waals surface area contributed by atoms with E-state index >= 15 is 0 Å². The molecule has 2 aromatic heterocycles. The van der Waals surface area contributed by atoms with Gasteiger partial charge in [0, 0.05) is 10.9 Å². The lowest BCUT2D eigenvalue weighted by atomic mass is 9.99. The van der Waals surface area contributed by atoms with E-state index in [2.05, 4.69) is 48.5 Å². The van der Waals surface area contributed by atoms with Crippen LogP contribution in [0.15, 0.2) is 40.3 Å². The molecule has 168 valence electrons. The number of hydrogen-bond acceptors (Lipinski definition) is 6. The number of anilines is 1. The number of amides is 2. The van der Waals surface area contributed by atoms with Crippen molar-refractivity contribution in [2.45, 2.75) is 46.2 Å². The molecule has 0 bridgehead atoms. The zero-order chi connectivity index (χ0) is 22.7. The van der Waals surface area contributed by atoms with Crippen LogP contribution in [0.3, 0.4) is 0 Å². The number of thiazole rings is 1. The minimum atomic E-state index is -0.305. The van der Waals surface area contributed by atoms with Crippen LogP contribution in [0.2, 0.25) is 0 Å². The minimum Gasteiger partial charge on any atom is -0.467 e. The van der Waals surface area contributed by atoms with Gasteiger partial charge in [-0.3, -0.25) is 14.5 Å². The highest BCUT2D eigenvalue weighted by Gasteiger charge is 2.32. The molecule has 1 saturated heterocycles. The Kier molecular flexibility index (Phi) is 6.72. The third kappa shape index (κ3) is 5.08. The number of benzene rings is 1. The molecule has 3 aromatic rings. The van der Waals surface area contributed by atoms with E-state index in [0.717, 1.165) is 36.2 Å². The Bertz CT molecular complexity index is 1110. The van der Waals surface area contributed by atoms with Gasteiger partial charge in [0.2, 0.25) is 11.8 Å². The number of hydrogen-bond donors (Lipinski definition) is 2. The molecule has 0 spiro atoms. The number of rotatable bonds is 7. The summed E-state index contributed by atoms with van der Waals surface area (Å²) in [5.74, 6) is 0.473. The Morgan fingerprint density at radius 2 is 2.03 bits per heavy atom. The summed E-state index contributed by atoms with van der Waals surface area (Å²) in [5, 5.41) is 8.33. The number of carbonyl (C=O) groups is 2. The van der Waals surface area contributed by atoms with Crippen molar-refractivity contribution in [3.8, 4) is 11.3 Å². The molecule has 1 aromatic carbocycles. The molecule has 32 heavy (non-hydrogen) atoms. The lowest BCUT2D eigenvalue weighted by Gasteiger charge is -2.22. The fourth-order valence-electron chi connectivity index (χ4n) is 4.05. The molecule has 1 fully saturated rings. The monoisotopic (exact) mass is 452 g/mol. The lowest BCUT2D eigenvalue weighted by molar-refractivity contribution is -0.126. The van der Waals surface area contributed by atoms with Crippen LogP contribution >= 0.6 is 11.3 Å². The summed E-state index contributed by atoms with van der Waals surface area (Å²) in [7, 11) is 0. The number of carbonyl (C=O) groups excluding carboxylic acids is 2.